The molecule has 0 aliphatic carbocycles. The second-order valence-electron chi connectivity index (χ2n) is 5.07. The second kappa shape index (κ2) is 6.27. The third-order valence-corrected chi connectivity index (χ3v) is 3.35. The van der Waals surface area contributed by atoms with E-state index in [4.69, 9.17) is 0 Å². The lowest BCUT2D eigenvalue weighted by atomic mass is 10.2. The highest BCUT2D eigenvalue weighted by molar-refractivity contribution is 6.02. The quantitative estimate of drug-likeness (QED) is 0.809. The van der Waals surface area contributed by atoms with E-state index < -0.39 is 11.3 Å². The lowest BCUT2D eigenvalue weighted by Gasteiger charge is -2.11. The molecule has 3 rings (SSSR count). The molecule has 0 atom stereocenters. The van der Waals surface area contributed by atoms with Crippen LogP contribution in [0.25, 0.3) is 5.69 Å². The highest BCUT2D eigenvalue weighted by Gasteiger charge is 2.15. The summed E-state index contributed by atoms with van der Waals surface area (Å²) in [6.45, 7) is 1.78. The molecular formula is C18H15N3O2. The highest BCUT2D eigenvalue weighted by Crippen LogP contribution is 2.09. The number of carbonyl (C=O) groups excluding carboxylic acids is 1. The smallest absolute Gasteiger partial charge is 0.280 e. The molecule has 1 amide bonds. The zero-order valence-corrected chi connectivity index (χ0v) is 12.6. The summed E-state index contributed by atoms with van der Waals surface area (Å²) in [6.07, 6.45) is 0. The molecule has 1 heterocycles. The number of amides is 1. The number of aromatic nitrogens is 2. The Kier molecular flexibility index (Phi) is 4.01. The van der Waals surface area contributed by atoms with Gasteiger partial charge in [-0.05, 0) is 31.2 Å². The van der Waals surface area contributed by atoms with E-state index in [1.165, 1.54) is 6.07 Å². The fourth-order valence-electron chi connectivity index (χ4n) is 2.25. The van der Waals surface area contributed by atoms with Crippen molar-refractivity contribution in [2.24, 2.45) is 0 Å². The van der Waals surface area contributed by atoms with Gasteiger partial charge in [-0.15, -0.1) is 0 Å². The lowest BCUT2D eigenvalue weighted by Crippen LogP contribution is -2.26. The first kappa shape index (κ1) is 14.7. The fourth-order valence-corrected chi connectivity index (χ4v) is 2.25. The van der Waals surface area contributed by atoms with Gasteiger partial charge in [0.05, 0.1) is 5.69 Å². The van der Waals surface area contributed by atoms with Crippen molar-refractivity contribution in [3.63, 3.8) is 0 Å². The number of rotatable bonds is 3. The second-order valence-corrected chi connectivity index (χ2v) is 5.07. The van der Waals surface area contributed by atoms with Gasteiger partial charge in [0.15, 0.2) is 5.69 Å². The van der Waals surface area contributed by atoms with Crippen LogP contribution in [0.15, 0.2) is 71.5 Å². The first-order valence-electron chi connectivity index (χ1n) is 7.18. The van der Waals surface area contributed by atoms with E-state index in [1.807, 2.05) is 36.4 Å². The first-order valence-corrected chi connectivity index (χ1v) is 7.18. The van der Waals surface area contributed by atoms with E-state index in [0.29, 0.717) is 11.4 Å². The van der Waals surface area contributed by atoms with Crippen LogP contribution in [0.3, 0.4) is 0 Å². The van der Waals surface area contributed by atoms with Crippen molar-refractivity contribution in [2.75, 3.05) is 5.32 Å². The van der Waals surface area contributed by atoms with Crippen molar-refractivity contribution in [3.05, 3.63) is 88.3 Å². The minimum absolute atomic E-state index is 0.136. The van der Waals surface area contributed by atoms with Crippen LogP contribution in [-0.2, 0) is 0 Å². The molecule has 5 nitrogen and oxygen atoms in total. The van der Waals surface area contributed by atoms with Crippen molar-refractivity contribution in [1.29, 1.82) is 0 Å². The zero-order chi connectivity index (χ0) is 16.2. The third-order valence-electron chi connectivity index (χ3n) is 3.35. The van der Waals surface area contributed by atoms with E-state index in [9.17, 15) is 9.59 Å². The van der Waals surface area contributed by atoms with E-state index >= 15 is 0 Å². The summed E-state index contributed by atoms with van der Waals surface area (Å²) in [6, 6.07) is 19.8. The molecule has 23 heavy (non-hydrogen) atoms. The van der Waals surface area contributed by atoms with E-state index in [-0.39, 0.29) is 5.69 Å². The predicted molar refractivity (Wildman–Crippen MR) is 89.0 cm³/mol. The van der Waals surface area contributed by atoms with Gasteiger partial charge in [0, 0.05) is 17.4 Å². The SMILES string of the molecule is Cc1cc(=O)c(C(=O)Nc2ccccc2)nn1-c1ccccc1. The highest BCUT2D eigenvalue weighted by atomic mass is 16.2. The molecule has 0 aliphatic rings. The summed E-state index contributed by atoms with van der Waals surface area (Å²) in [5.41, 5.74) is 1.54. The number of nitrogens with zero attached hydrogens (tertiary/aromatic N) is 2. The number of benzene rings is 2. The molecule has 0 bridgehead atoms. The van der Waals surface area contributed by atoms with Gasteiger partial charge in [-0.2, -0.15) is 5.10 Å². The Morgan fingerprint density at radius 2 is 1.61 bits per heavy atom. The average Bonchev–Trinajstić information content (AvgIpc) is 2.56. The summed E-state index contributed by atoms with van der Waals surface area (Å²) in [4.78, 5) is 24.5. The number of carbonyl (C=O) groups is 1. The minimum Gasteiger partial charge on any atom is -0.320 e. The number of para-hydroxylation sites is 2. The van der Waals surface area contributed by atoms with Crippen LogP contribution in [-0.4, -0.2) is 15.7 Å². The third kappa shape index (κ3) is 3.18. The van der Waals surface area contributed by atoms with Gasteiger partial charge in [-0.25, -0.2) is 4.68 Å². The summed E-state index contributed by atoms with van der Waals surface area (Å²) in [5.74, 6) is -0.522. The molecule has 0 aliphatic heterocycles. The van der Waals surface area contributed by atoms with Gasteiger partial charge in [0.25, 0.3) is 5.91 Å². The molecule has 0 spiro atoms. The first-order chi connectivity index (χ1) is 11.1. The molecule has 1 aromatic heterocycles. The zero-order valence-electron chi connectivity index (χ0n) is 12.6. The van der Waals surface area contributed by atoms with Gasteiger partial charge in [0.2, 0.25) is 5.43 Å². The van der Waals surface area contributed by atoms with Crippen LogP contribution in [0.2, 0.25) is 0 Å². The Bertz CT molecular complexity index is 887. The molecule has 0 radical (unpaired) electrons. The van der Waals surface area contributed by atoms with Gasteiger partial charge in [0.1, 0.15) is 0 Å². The summed E-state index contributed by atoms with van der Waals surface area (Å²) >= 11 is 0. The van der Waals surface area contributed by atoms with Gasteiger partial charge < -0.3 is 5.32 Å². The maximum atomic E-state index is 12.3. The van der Waals surface area contributed by atoms with Crippen LogP contribution in [0, 0.1) is 6.92 Å². The monoisotopic (exact) mass is 305 g/mol. The molecular weight excluding hydrogens is 290 g/mol. The van der Waals surface area contributed by atoms with Crippen molar-refractivity contribution in [1.82, 2.24) is 9.78 Å². The van der Waals surface area contributed by atoms with Crippen LogP contribution >= 0.6 is 0 Å². The Hall–Kier alpha value is -3.21. The van der Waals surface area contributed by atoms with Crippen LogP contribution in [0.1, 0.15) is 16.2 Å². The fraction of sp³-hybridized carbons (Fsp3) is 0.0556. The molecule has 0 saturated heterocycles. The minimum atomic E-state index is -0.522. The largest absolute Gasteiger partial charge is 0.320 e. The van der Waals surface area contributed by atoms with Crippen LogP contribution in [0.5, 0.6) is 0 Å². The Morgan fingerprint density at radius 3 is 2.26 bits per heavy atom. The van der Waals surface area contributed by atoms with Crippen LogP contribution in [0.4, 0.5) is 5.69 Å². The van der Waals surface area contributed by atoms with Gasteiger partial charge in [-0.1, -0.05) is 36.4 Å². The van der Waals surface area contributed by atoms with Gasteiger partial charge >= 0.3 is 0 Å². The van der Waals surface area contributed by atoms with Crippen molar-refractivity contribution >= 4 is 11.6 Å². The molecule has 3 aromatic rings. The maximum Gasteiger partial charge on any atom is 0.280 e. The maximum absolute atomic E-state index is 12.3. The Balaban J connectivity index is 2.00. The molecule has 1 N–H and O–H groups in total. The molecule has 5 heteroatoms. The molecule has 0 fully saturated rings. The number of nitrogens with one attached hydrogen (secondary N) is 1. The summed E-state index contributed by atoms with van der Waals surface area (Å²) in [7, 11) is 0. The van der Waals surface area contributed by atoms with Crippen molar-refractivity contribution in [3.8, 4) is 5.69 Å². The molecule has 0 saturated carbocycles. The molecule has 0 unspecified atom stereocenters. The summed E-state index contributed by atoms with van der Waals surface area (Å²) < 4.78 is 1.58. The summed E-state index contributed by atoms with van der Waals surface area (Å²) in [5, 5.41) is 6.91. The Labute approximate surface area is 133 Å². The Morgan fingerprint density at radius 1 is 1.00 bits per heavy atom. The van der Waals surface area contributed by atoms with Crippen LogP contribution < -0.4 is 10.7 Å². The number of anilines is 1. The van der Waals surface area contributed by atoms with E-state index in [0.717, 1.165) is 5.69 Å². The lowest BCUT2D eigenvalue weighted by molar-refractivity contribution is 0.101. The predicted octanol–water partition coefficient (Wildman–Crippen LogP) is 2.79. The van der Waals surface area contributed by atoms with E-state index in [2.05, 4.69) is 10.4 Å². The normalized spacial score (nSPS) is 10.3. The van der Waals surface area contributed by atoms with Gasteiger partial charge in [-0.3, -0.25) is 9.59 Å². The average molecular weight is 305 g/mol. The number of hydrogen-bond acceptors (Lipinski definition) is 3. The molecule has 114 valence electrons. The standard InChI is InChI=1S/C18H15N3O2/c1-13-12-16(22)17(18(23)19-14-8-4-2-5-9-14)20-21(13)15-10-6-3-7-11-15/h2-12H,1H3,(H,19,23). The topological polar surface area (TPSA) is 64.0 Å². The van der Waals surface area contributed by atoms with E-state index in [1.54, 1.807) is 35.9 Å². The van der Waals surface area contributed by atoms with Crippen molar-refractivity contribution < 1.29 is 4.79 Å². The number of hydrogen-bond donors (Lipinski definition) is 1. The van der Waals surface area contributed by atoms with Crippen molar-refractivity contribution in [2.45, 2.75) is 6.92 Å². The number of aryl methyl sites for hydroxylation is 1. The molecule has 2 aromatic carbocycles.